The zero-order chi connectivity index (χ0) is 28.1. The number of nitrogens with one attached hydrogen (secondary N) is 1. The summed E-state index contributed by atoms with van der Waals surface area (Å²) in [5.41, 5.74) is -0.603. The lowest BCUT2D eigenvalue weighted by Gasteiger charge is -2.46. The molecule has 1 aliphatic rings. The van der Waals surface area contributed by atoms with Crippen LogP contribution in [0, 0.1) is 11.8 Å². The molecule has 1 saturated carbocycles. The number of carbonyl (C=O) groups is 2. The summed E-state index contributed by atoms with van der Waals surface area (Å²) in [6.07, 6.45) is 3.25. The van der Waals surface area contributed by atoms with E-state index in [-0.39, 0.29) is 34.9 Å². The SMILES string of the molecule is CC(C)C(NC(=O)[C@@H]1CCC[C@H](O[Si](c2ccccc2)(c2ccccc2)C(C)(C)C)C1)C(=O)OC(C)(C)C. The molecule has 1 unspecified atom stereocenters. The van der Waals surface area contributed by atoms with Gasteiger partial charge in [-0.1, -0.05) is 102 Å². The van der Waals surface area contributed by atoms with Gasteiger partial charge in [-0.15, -0.1) is 0 Å². The van der Waals surface area contributed by atoms with Gasteiger partial charge in [0.2, 0.25) is 5.91 Å². The highest BCUT2D eigenvalue weighted by Crippen LogP contribution is 2.40. The van der Waals surface area contributed by atoms with Gasteiger partial charge in [-0.05, 0) is 61.4 Å². The van der Waals surface area contributed by atoms with Crippen molar-refractivity contribution in [2.24, 2.45) is 11.8 Å². The molecule has 2 aromatic rings. The van der Waals surface area contributed by atoms with E-state index in [1.165, 1.54) is 10.4 Å². The van der Waals surface area contributed by atoms with Crippen LogP contribution in [-0.4, -0.2) is 37.9 Å². The number of carbonyl (C=O) groups excluding carboxylic acids is 2. The van der Waals surface area contributed by atoms with Crippen molar-refractivity contribution in [3.8, 4) is 0 Å². The van der Waals surface area contributed by atoms with Gasteiger partial charge in [0.1, 0.15) is 11.6 Å². The molecule has 1 amide bonds. The third kappa shape index (κ3) is 7.14. The Kier molecular flexibility index (Phi) is 9.64. The number of benzene rings is 2. The van der Waals surface area contributed by atoms with Crippen molar-refractivity contribution >= 4 is 30.6 Å². The molecule has 0 bridgehead atoms. The number of esters is 1. The molecule has 0 aliphatic heterocycles. The molecule has 3 rings (SSSR count). The molecule has 6 heteroatoms. The standard InChI is InChI=1S/C32H47NO4Si/c1-23(2)28(30(35)36-31(3,4)5)33-29(34)24-16-15-17-25(22-24)37-38(32(6,7)8,26-18-11-9-12-19-26)27-20-13-10-14-21-27/h9-14,18-21,23-25,28H,15-17,22H2,1-8H3,(H,33,34)/t24-,25+,28?/m1/s1. The van der Waals surface area contributed by atoms with Crippen molar-refractivity contribution in [2.45, 2.75) is 104 Å². The number of rotatable bonds is 8. The first-order valence-corrected chi connectivity index (χ1v) is 16.0. The van der Waals surface area contributed by atoms with E-state index in [0.29, 0.717) is 6.42 Å². The van der Waals surface area contributed by atoms with E-state index < -0.39 is 20.0 Å². The second-order valence-corrected chi connectivity index (χ2v) is 17.3. The van der Waals surface area contributed by atoms with E-state index in [4.69, 9.17) is 9.16 Å². The van der Waals surface area contributed by atoms with Gasteiger partial charge in [0.05, 0.1) is 0 Å². The van der Waals surface area contributed by atoms with E-state index in [1.807, 2.05) is 46.8 Å². The molecule has 0 saturated heterocycles. The van der Waals surface area contributed by atoms with Crippen LogP contribution in [0.4, 0.5) is 0 Å². The molecule has 2 aromatic carbocycles. The van der Waals surface area contributed by atoms with Crippen molar-refractivity contribution in [1.29, 1.82) is 0 Å². The van der Waals surface area contributed by atoms with Crippen LogP contribution < -0.4 is 15.7 Å². The lowest BCUT2D eigenvalue weighted by molar-refractivity contribution is -0.160. The Morgan fingerprint density at radius 2 is 1.39 bits per heavy atom. The molecule has 0 spiro atoms. The van der Waals surface area contributed by atoms with Gasteiger partial charge in [0.25, 0.3) is 8.32 Å². The summed E-state index contributed by atoms with van der Waals surface area (Å²) in [7, 11) is -2.70. The van der Waals surface area contributed by atoms with Crippen molar-refractivity contribution in [3.05, 3.63) is 60.7 Å². The molecule has 38 heavy (non-hydrogen) atoms. The highest BCUT2D eigenvalue weighted by atomic mass is 28.4. The van der Waals surface area contributed by atoms with Crippen molar-refractivity contribution in [3.63, 3.8) is 0 Å². The van der Waals surface area contributed by atoms with Gasteiger partial charge in [0, 0.05) is 12.0 Å². The monoisotopic (exact) mass is 537 g/mol. The predicted molar refractivity (Wildman–Crippen MR) is 157 cm³/mol. The Bertz CT molecular complexity index is 1020. The maximum absolute atomic E-state index is 13.5. The number of amides is 1. The summed E-state index contributed by atoms with van der Waals surface area (Å²) >= 11 is 0. The van der Waals surface area contributed by atoms with Gasteiger partial charge < -0.3 is 14.5 Å². The maximum Gasteiger partial charge on any atom is 0.329 e. The number of hydrogen-bond acceptors (Lipinski definition) is 4. The Balaban J connectivity index is 1.86. The fourth-order valence-electron chi connectivity index (χ4n) is 5.57. The second-order valence-electron chi connectivity index (χ2n) is 13.0. The maximum atomic E-state index is 13.5. The third-order valence-corrected chi connectivity index (χ3v) is 12.5. The van der Waals surface area contributed by atoms with Gasteiger partial charge >= 0.3 is 5.97 Å². The largest absolute Gasteiger partial charge is 0.458 e. The second kappa shape index (κ2) is 12.2. The summed E-state index contributed by atoms with van der Waals surface area (Å²) in [4.78, 5) is 26.3. The van der Waals surface area contributed by atoms with E-state index in [1.54, 1.807) is 0 Å². The molecule has 0 radical (unpaired) electrons. The number of ether oxygens (including phenoxy) is 1. The minimum absolute atomic E-state index is 0.0372. The normalized spacial score (nSPS) is 19.6. The van der Waals surface area contributed by atoms with E-state index >= 15 is 0 Å². The minimum Gasteiger partial charge on any atom is -0.458 e. The minimum atomic E-state index is -2.70. The lowest BCUT2D eigenvalue weighted by atomic mass is 9.86. The van der Waals surface area contributed by atoms with Gasteiger partial charge in [0.15, 0.2) is 0 Å². The zero-order valence-electron chi connectivity index (χ0n) is 24.5. The Hall–Kier alpha value is -2.44. The molecule has 1 aliphatic carbocycles. The van der Waals surface area contributed by atoms with E-state index in [0.717, 1.165) is 19.3 Å². The average Bonchev–Trinajstić information content (AvgIpc) is 2.85. The molecular formula is C32H47NO4Si. The van der Waals surface area contributed by atoms with Gasteiger partial charge in [-0.2, -0.15) is 0 Å². The van der Waals surface area contributed by atoms with Crippen molar-refractivity contribution in [1.82, 2.24) is 5.32 Å². The van der Waals surface area contributed by atoms with Crippen LogP contribution in [0.25, 0.3) is 0 Å². The van der Waals surface area contributed by atoms with Crippen LogP contribution in [0.2, 0.25) is 5.04 Å². The summed E-state index contributed by atoms with van der Waals surface area (Å²) in [5.74, 6) is -0.723. The van der Waals surface area contributed by atoms with Crippen LogP contribution in [0.1, 0.15) is 81.1 Å². The molecule has 1 fully saturated rings. The van der Waals surface area contributed by atoms with Crippen LogP contribution in [-0.2, 0) is 18.8 Å². The first-order valence-electron chi connectivity index (χ1n) is 14.1. The van der Waals surface area contributed by atoms with Crippen LogP contribution in [0.3, 0.4) is 0 Å². The Labute approximate surface area is 230 Å². The summed E-state index contributed by atoms with van der Waals surface area (Å²) < 4.78 is 12.9. The molecular weight excluding hydrogens is 490 g/mol. The van der Waals surface area contributed by atoms with Crippen LogP contribution in [0.5, 0.6) is 0 Å². The highest BCUT2D eigenvalue weighted by Gasteiger charge is 2.52. The van der Waals surface area contributed by atoms with Crippen LogP contribution >= 0.6 is 0 Å². The summed E-state index contributed by atoms with van der Waals surface area (Å²) in [5, 5.41) is 5.40. The Morgan fingerprint density at radius 1 is 0.868 bits per heavy atom. The topological polar surface area (TPSA) is 64.6 Å². The summed E-state index contributed by atoms with van der Waals surface area (Å²) in [6.45, 7) is 16.2. The van der Waals surface area contributed by atoms with E-state index in [2.05, 4.69) is 74.6 Å². The lowest BCUT2D eigenvalue weighted by Crippen LogP contribution is -2.68. The smallest absolute Gasteiger partial charge is 0.329 e. The van der Waals surface area contributed by atoms with Crippen LogP contribution in [0.15, 0.2) is 60.7 Å². The fourth-order valence-corrected chi connectivity index (χ4v) is 10.3. The molecule has 0 heterocycles. The molecule has 3 atom stereocenters. The Morgan fingerprint density at radius 3 is 1.84 bits per heavy atom. The first kappa shape index (κ1) is 30.1. The highest BCUT2D eigenvalue weighted by molar-refractivity contribution is 6.99. The fraction of sp³-hybridized carbons (Fsp3) is 0.562. The van der Waals surface area contributed by atoms with Gasteiger partial charge in [-0.25, -0.2) is 4.79 Å². The predicted octanol–water partition coefficient (Wildman–Crippen LogP) is 5.60. The molecule has 208 valence electrons. The molecule has 0 aromatic heterocycles. The summed E-state index contributed by atoms with van der Waals surface area (Å²) in [6, 6.07) is 20.6. The first-order chi connectivity index (χ1) is 17.7. The molecule has 1 N–H and O–H groups in total. The van der Waals surface area contributed by atoms with Crippen molar-refractivity contribution < 1.29 is 18.8 Å². The van der Waals surface area contributed by atoms with Crippen molar-refractivity contribution in [2.75, 3.05) is 0 Å². The van der Waals surface area contributed by atoms with Gasteiger partial charge in [-0.3, -0.25) is 4.79 Å². The third-order valence-electron chi connectivity index (χ3n) is 7.38. The molecule has 5 nitrogen and oxygen atoms in total. The number of hydrogen-bond donors (Lipinski definition) is 1. The quantitative estimate of drug-likeness (QED) is 0.351. The zero-order valence-corrected chi connectivity index (χ0v) is 25.5. The average molecular weight is 538 g/mol. The van der Waals surface area contributed by atoms with E-state index in [9.17, 15) is 9.59 Å².